The molecule has 0 bridgehead atoms. The van der Waals surface area contributed by atoms with Crippen molar-refractivity contribution in [1.82, 2.24) is 15.2 Å². The van der Waals surface area contributed by atoms with Crippen LogP contribution in [0.3, 0.4) is 0 Å². The molecule has 2 aromatic rings. The molecule has 1 aromatic heterocycles. The van der Waals surface area contributed by atoms with Gasteiger partial charge in [-0.1, -0.05) is 24.4 Å². The second kappa shape index (κ2) is 9.79. The van der Waals surface area contributed by atoms with Crippen LogP contribution in [0.4, 0.5) is 0 Å². The number of fused-ring (bicyclic) bond motifs is 1. The Morgan fingerprint density at radius 1 is 1.22 bits per heavy atom. The van der Waals surface area contributed by atoms with Gasteiger partial charge in [0, 0.05) is 30.1 Å². The number of carbonyl (C=O) groups is 2. The van der Waals surface area contributed by atoms with E-state index >= 15 is 0 Å². The second-order valence-corrected chi connectivity index (χ2v) is 10.6. The van der Waals surface area contributed by atoms with Crippen molar-refractivity contribution in [2.24, 2.45) is 5.41 Å². The van der Waals surface area contributed by atoms with E-state index in [1.165, 1.54) is 11.3 Å². The van der Waals surface area contributed by atoms with Crippen LogP contribution in [0, 0.1) is 19.3 Å². The number of halogens is 1. The van der Waals surface area contributed by atoms with E-state index in [9.17, 15) is 9.59 Å². The zero-order valence-corrected chi connectivity index (χ0v) is 20.3. The number of rotatable bonds is 1. The fourth-order valence-electron chi connectivity index (χ4n) is 4.82. The van der Waals surface area contributed by atoms with Gasteiger partial charge in [-0.15, -0.1) is 11.3 Å². The molecule has 2 amide bonds. The zero-order valence-electron chi connectivity index (χ0n) is 18.7. The standard InChI is InChI=1S/C24H30ClN3O3S/c1-16-21(32-17(2)27-16)23(30)28-11-6-10-24(15-28)9-4-3-5-12-31-20-8-7-18(25)13-19(20)22(29)26-14-24/h7-8,13H,3-6,9-12,14-15H2,1-2H3,(H,26,29). The van der Waals surface area contributed by atoms with E-state index in [4.69, 9.17) is 16.3 Å². The van der Waals surface area contributed by atoms with Crippen LogP contribution in [0.5, 0.6) is 5.75 Å². The van der Waals surface area contributed by atoms with Gasteiger partial charge in [0.1, 0.15) is 10.6 Å². The lowest BCUT2D eigenvalue weighted by atomic mass is 9.75. The van der Waals surface area contributed by atoms with E-state index in [-0.39, 0.29) is 17.2 Å². The van der Waals surface area contributed by atoms with Crippen molar-refractivity contribution in [2.75, 3.05) is 26.2 Å². The summed E-state index contributed by atoms with van der Waals surface area (Å²) in [6.45, 7) is 6.34. The van der Waals surface area contributed by atoms with Crippen LogP contribution in [0.1, 0.15) is 69.3 Å². The molecule has 1 aromatic carbocycles. The molecule has 0 saturated carbocycles. The minimum Gasteiger partial charge on any atom is -0.493 e. The monoisotopic (exact) mass is 475 g/mol. The molecule has 1 N–H and O–H groups in total. The number of amides is 2. The van der Waals surface area contributed by atoms with Crippen LogP contribution >= 0.6 is 22.9 Å². The fourth-order valence-corrected chi connectivity index (χ4v) is 5.88. The maximum atomic E-state index is 13.3. The summed E-state index contributed by atoms with van der Waals surface area (Å²) in [4.78, 5) is 33.5. The maximum Gasteiger partial charge on any atom is 0.265 e. The number of benzene rings is 1. The number of hydrogen-bond acceptors (Lipinski definition) is 5. The molecular weight excluding hydrogens is 446 g/mol. The van der Waals surface area contributed by atoms with Crippen LogP contribution in [0.2, 0.25) is 5.02 Å². The van der Waals surface area contributed by atoms with Crippen molar-refractivity contribution in [1.29, 1.82) is 0 Å². The number of aromatic nitrogens is 1. The van der Waals surface area contributed by atoms with Gasteiger partial charge in [0.15, 0.2) is 0 Å². The predicted molar refractivity (Wildman–Crippen MR) is 127 cm³/mol. The summed E-state index contributed by atoms with van der Waals surface area (Å²) in [6, 6.07) is 5.17. The minimum absolute atomic E-state index is 0.0649. The normalized spacial score (nSPS) is 22.3. The molecule has 1 unspecified atom stereocenters. The molecule has 1 spiro atoms. The largest absolute Gasteiger partial charge is 0.493 e. The average molecular weight is 476 g/mol. The van der Waals surface area contributed by atoms with Crippen molar-refractivity contribution >= 4 is 34.8 Å². The van der Waals surface area contributed by atoms with E-state index in [0.29, 0.717) is 36.0 Å². The van der Waals surface area contributed by atoms with E-state index < -0.39 is 0 Å². The Morgan fingerprint density at radius 3 is 2.81 bits per heavy atom. The summed E-state index contributed by atoms with van der Waals surface area (Å²) in [5, 5.41) is 4.55. The number of nitrogens with one attached hydrogen (secondary N) is 1. The summed E-state index contributed by atoms with van der Waals surface area (Å²) in [6.07, 6.45) is 5.94. The third-order valence-corrected chi connectivity index (χ3v) is 7.76. The Labute approximate surface area is 198 Å². The van der Waals surface area contributed by atoms with Gasteiger partial charge in [-0.25, -0.2) is 4.98 Å². The molecule has 1 atom stereocenters. The Balaban J connectivity index is 1.55. The first kappa shape index (κ1) is 23.1. The first-order chi connectivity index (χ1) is 15.4. The van der Waals surface area contributed by atoms with Crippen molar-refractivity contribution in [3.63, 3.8) is 0 Å². The number of aryl methyl sites for hydroxylation is 2. The molecule has 2 aliphatic rings. The first-order valence-corrected chi connectivity index (χ1v) is 12.5. The van der Waals surface area contributed by atoms with Crippen molar-refractivity contribution in [3.8, 4) is 5.75 Å². The molecular formula is C24H30ClN3O3S. The molecule has 4 rings (SSSR count). The smallest absolute Gasteiger partial charge is 0.265 e. The van der Waals surface area contributed by atoms with E-state index in [0.717, 1.165) is 60.6 Å². The highest BCUT2D eigenvalue weighted by Gasteiger charge is 2.38. The van der Waals surface area contributed by atoms with Gasteiger partial charge in [0.2, 0.25) is 0 Å². The lowest BCUT2D eigenvalue weighted by molar-refractivity contribution is 0.0472. The average Bonchev–Trinajstić information content (AvgIpc) is 3.12. The lowest BCUT2D eigenvalue weighted by Gasteiger charge is -2.43. The molecule has 2 aliphatic heterocycles. The number of carbonyl (C=O) groups excluding carboxylic acids is 2. The van der Waals surface area contributed by atoms with Crippen LogP contribution in [-0.2, 0) is 0 Å². The van der Waals surface area contributed by atoms with Crippen LogP contribution in [-0.4, -0.2) is 47.9 Å². The third kappa shape index (κ3) is 5.09. The van der Waals surface area contributed by atoms with Gasteiger partial charge in [-0.2, -0.15) is 0 Å². The summed E-state index contributed by atoms with van der Waals surface area (Å²) in [5.74, 6) is 0.452. The molecule has 1 fully saturated rings. The Morgan fingerprint density at radius 2 is 2.03 bits per heavy atom. The van der Waals surface area contributed by atoms with Crippen LogP contribution < -0.4 is 10.1 Å². The van der Waals surface area contributed by atoms with Crippen LogP contribution in [0.25, 0.3) is 0 Å². The molecule has 0 radical (unpaired) electrons. The number of nitrogens with zero attached hydrogens (tertiary/aromatic N) is 2. The molecule has 172 valence electrons. The molecule has 3 heterocycles. The number of likely N-dealkylation sites (tertiary alicyclic amines) is 1. The van der Waals surface area contributed by atoms with E-state index in [1.54, 1.807) is 18.2 Å². The van der Waals surface area contributed by atoms with Gasteiger partial charge in [0.05, 0.1) is 22.9 Å². The first-order valence-electron chi connectivity index (χ1n) is 11.3. The zero-order chi connectivity index (χ0) is 22.7. The minimum atomic E-state index is -0.181. The lowest BCUT2D eigenvalue weighted by Crippen LogP contribution is -2.51. The van der Waals surface area contributed by atoms with Crippen molar-refractivity contribution in [2.45, 2.75) is 52.4 Å². The molecule has 32 heavy (non-hydrogen) atoms. The number of ether oxygens (including phenoxy) is 1. The van der Waals surface area contributed by atoms with Crippen molar-refractivity contribution in [3.05, 3.63) is 44.4 Å². The number of hydrogen-bond donors (Lipinski definition) is 1. The van der Waals surface area contributed by atoms with E-state index in [1.807, 2.05) is 18.7 Å². The molecule has 8 heteroatoms. The van der Waals surface area contributed by atoms with E-state index in [2.05, 4.69) is 10.3 Å². The summed E-state index contributed by atoms with van der Waals surface area (Å²) < 4.78 is 5.86. The molecule has 0 aliphatic carbocycles. The summed E-state index contributed by atoms with van der Waals surface area (Å²) >= 11 is 7.62. The highest BCUT2D eigenvalue weighted by atomic mass is 35.5. The van der Waals surface area contributed by atoms with Crippen molar-refractivity contribution < 1.29 is 14.3 Å². The van der Waals surface area contributed by atoms with Gasteiger partial charge in [0.25, 0.3) is 11.8 Å². The SMILES string of the molecule is Cc1nc(C)c(C(=O)N2CCCC3(CCCCCOc4ccc(Cl)cc4C(=O)NC3)C2)s1. The maximum absolute atomic E-state index is 13.3. The number of thiazole rings is 1. The summed E-state index contributed by atoms with van der Waals surface area (Å²) in [5.41, 5.74) is 1.14. The highest BCUT2D eigenvalue weighted by molar-refractivity contribution is 7.13. The van der Waals surface area contributed by atoms with Gasteiger partial charge in [-0.3, -0.25) is 9.59 Å². The Bertz CT molecular complexity index is 1010. The van der Waals surface area contributed by atoms with Crippen LogP contribution in [0.15, 0.2) is 18.2 Å². The number of piperidine rings is 1. The highest BCUT2D eigenvalue weighted by Crippen LogP contribution is 2.37. The van der Waals surface area contributed by atoms with Gasteiger partial charge >= 0.3 is 0 Å². The topological polar surface area (TPSA) is 71.5 Å². The predicted octanol–water partition coefficient (Wildman–Crippen LogP) is 5.02. The Hall–Kier alpha value is -2.12. The molecule has 1 saturated heterocycles. The summed E-state index contributed by atoms with van der Waals surface area (Å²) in [7, 11) is 0. The fraction of sp³-hybridized carbons (Fsp3) is 0.542. The Kier molecular flexibility index (Phi) is 7.05. The van der Waals surface area contributed by atoms with Gasteiger partial charge in [-0.05, 0) is 57.7 Å². The molecule has 6 nitrogen and oxygen atoms in total. The second-order valence-electron chi connectivity index (χ2n) is 8.96. The van der Waals surface area contributed by atoms with Gasteiger partial charge < -0.3 is 15.0 Å². The third-order valence-electron chi connectivity index (χ3n) is 6.47. The quantitative estimate of drug-likeness (QED) is 0.628.